The van der Waals surface area contributed by atoms with Gasteiger partial charge in [-0.2, -0.15) is 4.57 Å². The van der Waals surface area contributed by atoms with E-state index in [0.29, 0.717) is 22.3 Å². The number of benzene rings is 2. The van der Waals surface area contributed by atoms with Gasteiger partial charge in [-0.25, -0.2) is 0 Å². The number of rotatable bonds is 4. The zero-order valence-electron chi connectivity index (χ0n) is 14.4. The van der Waals surface area contributed by atoms with Crippen molar-refractivity contribution in [2.24, 2.45) is 0 Å². The maximum atomic E-state index is 12.6. The van der Waals surface area contributed by atoms with Crippen molar-refractivity contribution in [3.05, 3.63) is 101 Å². The summed E-state index contributed by atoms with van der Waals surface area (Å²) in [5, 5.41) is 0. The largest absolute Gasteiger partial charge is 0.293 e. The number of hydrogen-bond donors (Lipinski definition) is 0. The summed E-state index contributed by atoms with van der Waals surface area (Å²) in [6, 6.07) is 19.5. The van der Waals surface area contributed by atoms with Gasteiger partial charge in [-0.3, -0.25) is 14.4 Å². The third-order valence-electron chi connectivity index (χ3n) is 4.65. The number of nitrogens with zero attached hydrogens (tertiary/aromatic N) is 1. The van der Waals surface area contributed by atoms with E-state index >= 15 is 0 Å². The van der Waals surface area contributed by atoms with Crippen molar-refractivity contribution in [2.75, 3.05) is 0 Å². The van der Waals surface area contributed by atoms with E-state index in [4.69, 9.17) is 0 Å². The number of pyridine rings is 1. The van der Waals surface area contributed by atoms with Crippen LogP contribution < -0.4 is 4.57 Å². The molecule has 0 spiro atoms. The lowest BCUT2D eigenvalue weighted by Crippen LogP contribution is -2.37. The Morgan fingerprint density at radius 3 is 1.85 bits per heavy atom. The molecule has 134 valence electrons. The Balaban J connectivity index is 0.00000210. The number of Topliss-reactive ketones (excluding diaryl/α,β-unsaturated/α-hetero) is 3. The summed E-state index contributed by atoms with van der Waals surface area (Å²) in [4.78, 5) is 37.4. The normalized spacial score (nSPS) is 13.2. The first-order valence-electron chi connectivity index (χ1n) is 8.40. The van der Waals surface area contributed by atoms with Gasteiger partial charge in [0, 0.05) is 28.8 Å². The lowest BCUT2D eigenvalue weighted by Gasteiger charge is -2.06. The van der Waals surface area contributed by atoms with Crippen molar-refractivity contribution >= 4 is 34.3 Å². The van der Waals surface area contributed by atoms with E-state index in [1.54, 1.807) is 65.5 Å². The predicted molar refractivity (Wildman–Crippen MR) is 106 cm³/mol. The molecular formula is C22H17BrNO3+. The van der Waals surface area contributed by atoms with Crippen LogP contribution in [0.5, 0.6) is 0 Å². The zero-order chi connectivity index (χ0) is 18.1. The Bertz CT molecular complexity index is 978. The van der Waals surface area contributed by atoms with E-state index in [1.165, 1.54) is 0 Å². The molecule has 1 aliphatic rings. The van der Waals surface area contributed by atoms with Gasteiger partial charge in [0.05, 0.1) is 0 Å². The summed E-state index contributed by atoms with van der Waals surface area (Å²) in [6.45, 7) is 0.205. The Hall–Kier alpha value is -2.92. The number of carbonyl (C=O) groups is 3. The van der Waals surface area contributed by atoms with Crippen LogP contribution in [0.1, 0.15) is 42.6 Å². The molecule has 4 rings (SSSR count). The van der Waals surface area contributed by atoms with Gasteiger partial charge in [-0.15, -0.1) is 17.0 Å². The fourth-order valence-electron chi connectivity index (χ4n) is 3.29. The average molecular weight is 423 g/mol. The van der Waals surface area contributed by atoms with E-state index in [2.05, 4.69) is 0 Å². The minimum Gasteiger partial charge on any atom is -0.293 e. The van der Waals surface area contributed by atoms with Crippen molar-refractivity contribution in [1.29, 1.82) is 0 Å². The summed E-state index contributed by atoms with van der Waals surface area (Å²) in [7, 11) is 0. The number of aromatic nitrogens is 1. The molecule has 0 bridgehead atoms. The highest BCUT2D eigenvalue weighted by Crippen LogP contribution is 2.33. The number of fused-ring (bicyclic) bond motifs is 1. The van der Waals surface area contributed by atoms with Gasteiger partial charge in [-0.05, 0) is 5.56 Å². The molecule has 0 unspecified atom stereocenters. The van der Waals surface area contributed by atoms with Crippen molar-refractivity contribution < 1.29 is 19.0 Å². The maximum absolute atomic E-state index is 12.6. The molecule has 0 aliphatic heterocycles. The number of hydrogen-bond acceptors (Lipinski definition) is 3. The zero-order valence-corrected chi connectivity index (χ0v) is 16.1. The Morgan fingerprint density at radius 1 is 0.778 bits per heavy atom. The topological polar surface area (TPSA) is 55.1 Å². The molecule has 1 aromatic heterocycles. The van der Waals surface area contributed by atoms with Gasteiger partial charge in [0.15, 0.2) is 24.0 Å². The first-order valence-corrected chi connectivity index (χ1v) is 8.40. The van der Waals surface area contributed by atoms with Crippen LogP contribution in [0.2, 0.25) is 0 Å². The van der Waals surface area contributed by atoms with Crippen LogP contribution in [0, 0.1) is 0 Å². The molecule has 0 N–H and O–H groups in total. The van der Waals surface area contributed by atoms with E-state index in [9.17, 15) is 14.4 Å². The Labute approximate surface area is 167 Å². The molecule has 0 saturated heterocycles. The van der Waals surface area contributed by atoms with Gasteiger partial charge in [0.25, 0.3) is 0 Å². The van der Waals surface area contributed by atoms with Gasteiger partial charge in [-0.1, -0.05) is 54.6 Å². The van der Waals surface area contributed by atoms with Gasteiger partial charge >= 0.3 is 0 Å². The van der Waals surface area contributed by atoms with Crippen molar-refractivity contribution in [1.82, 2.24) is 0 Å². The SMILES string of the molecule is Br.O=C(C[n+]1ccc(C2C(=O)c3ccccc3C2=O)cc1)c1ccccc1. The van der Waals surface area contributed by atoms with Crippen LogP contribution >= 0.6 is 17.0 Å². The molecule has 1 heterocycles. The fourth-order valence-corrected chi connectivity index (χ4v) is 3.29. The molecule has 0 atom stereocenters. The van der Waals surface area contributed by atoms with E-state index in [-0.39, 0.29) is 40.9 Å². The molecule has 27 heavy (non-hydrogen) atoms. The molecule has 5 heteroatoms. The lowest BCUT2D eigenvalue weighted by molar-refractivity contribution is -0.683. The number of ketones is 3. The quantitative estimate of drug-likeness (QED) is 0.366. The summed E-state index contributed by atoms with van der Waals surface area (Å²) < 4.78 is 1.75. The monoisotopic (exact) mass is 422 g/mol. The second kappa shape index (κ2) is 7.76. The summed E-state index contributed by atoms with van der Waals surface area (Å²) in [6.07, 6.45) is 3.47. The van der Waals surface area contributed by atoms with E-state index in [0.717, 1.165) is 0 Å². The first kappa shape index (κ1) is 18.9. The van der Waals surface area contributed by atoms with Crippen LogP contribution in [-0.4, -0.2) is 17.3 Å². The second-order valence-electron chi connectivity index (χ2n) is 6.30. The molecule has 0 radical (unpaired) electrons. The summed E-state index contributed by atoms with van der Waals surface area (Å²) >= 11 is 0. The molecule has 1 aliphatic carbocycles. The van der Waals surface area contributed by atoms with Crippen LogP contribution in [0.25, 0.3) is 0 Å². The van der Waals surface area contributed by atoms with Crippen molar-refractivity contribution in [3.63, 3.8) is 0 Å². The Morgan fingerprint density at radius 2 is 1.30 bits per heavy atom. The maximum Gasteiger partial charge on any atom is 0.227 e. The van der Waals surface area contributed by atoms with E-state index < -0.39 is 5.92 Å². The molecule has 4 nitrogen and oxygen atoms in total. The van der Waals surface area contributed by atoms with Crippen molar-refractivity contribution in [2.45, 2.75) is 12.5 Å². The van der Waals surface area contributed by atoms with Crippen LogP contribution in [0.3, 0.4) is 0 Å². The first-order chi connectivity index (χ1) is 12.6. The lowest BCUT2D eigenvalue weighted by atomic mass is 9.95. The minimum atomic E-state index is -0.785. The predicted octanol–water partition coefficient (Wildman–Crippen LogP) is 3.60. The number of halogens is 1. The average Bonchev–Trinajstić information content (AvgIpc) is 2.94. The molecule has 0 saturated carbocycles. The molecule has 0 amide bonds. The summed E-state index contributed by atoms with van der Waals surface area (Å²) in [5.74, 6) is -1.11. The second-order valence-corrected chi connectivity index (χ2v) is 6.30. The smallest absolute Gasteiger partial charge is 0.227 e. The molecule has 0 fully saturated rings. The van der Waals surface area contributed by atoms with Crippen LogP contribution in [0.4, 0.5) is 0 Å². The minimum absolute atomic E-state index is 0. The van der Waals surface area contributed by atoms with Gasteiger partial charge < -0.3 is 0 Å². The van der Waals surface area contributed by atoms with Gasteiger partial charge in [0.2, 0.25) is 12.3 Å². The van der Waals surface area contributed by atoms with Crippen molar-refractivity contribution in [3.8, 4) is 0 Å². The van der Waals surface area contributed by atoms with Crippen LogP contribution in [-0.2, 0) is 6.54 Å². The Kier molecular flexibility index (Phi) is 5.42. The highest BCUT2D eigenvalue weighted by Gasteiger charge is 2.39. The molecule has 2 aromatic carbocycles. The van der Waals surface area contributed by atoms with E-state index in [1.807, 2.05) is 18.2 Å². The fraction of sp³-hybridized carbons (Fsp3) is 0.0909. The van der Waals surface area contributed by atoms with Crippen LogP contribution in [0.15, 0.2) is 79.1 Å². The third kappa shape index (κ3) is 3.51. The molecular weight excluding hydrogens is 406 g/mol. The molecule has 3 aromatic rings. The van der Waals surface area contributed by atoms with Gasteiger partial charge in [0.1, 0.15) is 5.92 Å². The summed E-state index contributed by atoms with van der Waals surface area (Å²) in [5.41, 5.74) is 2.28. The number of carbonyl (C=O) groups excluding carboxylic acids is 3. The highest BCUT2D eigenvalue weighted by atomic mass is 79.9. The third-order valence-corrected chi connectivity index (χ3v) is 4.65. The standard InChI is InChI=1S/C22H16NO3.BrH/c24-19(15-6-2-1-3-7-15)14-23-12-10-16(11-13-23)20-21(25)17-8-4-5-9-18(17)22(20)26;/h1-13,20H,14H2;1H/q+1;. The highest BCUT2D eigenvalue weighted by molar-refractivity contribution is 8.93.